The predicted molar refractivity (Wildman–Crippen MR) is 101 cm³/mol. The molecule has 13 heteroatoms. The SMILES string of the molecule is O=C(c1ncc(-c2c[nH]n3c(=O)cc(-c4ccc(C(F)(F)F)cn4)nc23)o1)N1CC(O)C1. The van der Waals surface area contributed by atoms with Gasteiger partial charge in [-0.25, -0.2) is 14.5 Å². The molecule has 0 bridgehead atoms. The van der Waals surface area contributed by atoms with Crippen molar-refractivity contribution in [1.82, 2.24) is 29.5 Å². The lowest BCUT2D eigenvalue weighted by atomic mass is 10.2. The monoisotopic (exact) mass is 446 g/mol. The van der Waals surface area contributed by atoms with Gasteiger partial charge in [-0.05, 0) is 12.1 Å². The fraction of sp³-hybridized carbons (Fsp3) is 0.211. The lowest BCUT2D eigenvalue weighted by molar-refractivity contribution is -0.137. The van der Waals surface area contributed by atoms with E-state index in [9.17, 15) is 27.9 Å². The van der Waals surface area contributed by atoms with Crippen LogP contribution in [0, 0.1) is 0 Å². The molecule has 5 heterocycles. The zero-order valence-corrected chi connectivity index (χ0v) is 16.0. The first-order chi connectivity index (χ1) is 15.2. The van der Waals surface area contributed by atoms with Crippen molar-refractivity contribution in [3.05, 3.63) is 58.6 Å². The Morgan fingerprint density at radius 1 is 1.19 bits per heavy atom. The van der Waals surface area contributed by atoms with E-state index in [0.717, 1.165) is 22.7 Å². The van der Waals surface area contributed by atoms with Crippen LogP contribution in [0.2, 0.25) is 0 Å². The highest BCUT2D eigenvalue weighted by Crippen LogP contribution is 2.30. The summed E-state index contributed by atoms with van der Waals surface area (Å²) in [7, 11) is 0. The summed E-state index contributed by atoms with van der Waals surface area (Å²) in [5, 5.41) is 12.0. The van der Waals surface area contributed by atoms with Gasteiger partial charge < -0.3 is 14.4 Å². The number of amides is 1. The van der Waals surface area contributed by atoms with E-state index in [4.69, 9.17) is 4.42 Å². The van der Waals surface area contributed by atoms with Crippen LogP contribution in [-0.2, 0) is 6.18 Å². The number of H-pyrrole nitrogens is 1. The summed E-state index contributed by atoms with van der Waals surface area (Å²) in [6.07, 6.45) is -1.73. The van der Waals surface area contributed by atoms with Crippen LogP contribution in [0.15, 0.2) is 46.0 Å². The fourth-order valence-corrected chi connectivity index (χ4v) is 3.26. The second-order valence-electron chi connectivity index (χ2n) is 7.15. The van der Waals surface area contributed by atoms with E-state index in [1.165, 1.54) is 17.3 Å². The summed E-state index contributed by atoms with van der Waals surface area (Å²) in [5.74, 6) is -0.520. The van der Waals surface area contributed by atoms with Crippen LogP contribution in [0.5, 0.6) is 0 Å². The normalized spacial score (nSPS) is 14.7. The number of pyridine rings is 1. The van der Waals surface area contributed by atoms with E-state index in [0.29, 0.717) is 11.8 Å². The summed E-state index contributed by atoms with van der Waals surface area (Å²) >= 11 is 0. The smallest absolute Gasteiger partial charge is 0.417 e. The Morgan fingerprint density at radius 3 is 2.62 bits per heavy atom. The van der Waals surface area contributed by atoms with E-state index in [1.54, 1.807) is 0 Å². The van der Waals surface area contributed by atoms with Gasteiger partial charge in [0.05, 0.1) is 34.8 Å². The molecule has 0 radical (unpaired) electrons. The van der Waals surface area contributed by atoms with Gasteiger partial charge in [-0.1, -0.05) is 0 Å². The Kier molecular flexibility index (Phi) is 4.37. The molecule has 5 rings (SSSR count). The van der Waals surface area contributed by atoms with E-state index in [1.807, 2.05) is 0 Å². The van der Waals surface area contributed by atoms with Crippen molar-refractivity contribution in [2.45, 2.75) is 12.3 Å². The topological polar surface area (TPSA) is 130 Å². The summed E-state index contributed by atoms with van der Waals surface area (Å²) < 4.78 is 45.0. The average molecular weight is 446 g/mol. The molecule has 1 aliphatic heterocycles. The van der Waals surface area contributed by atoms with Crippen molar-refractivity contribution < 1.29 is 27.5 Å². The number of carbonyl (C=O) groups excluding carboxylic acids is 1. The number of aromatic amines is 1. The highest BCUT2D eigenvalue weighted by Gasteiger charge is 2.33. The van der Waals surface area contributed by atoms with Gasteiger partial charge in [0.25, 0.3) is 11.4 Å². The first kappa shape index (κ1) is 19.9. The van der Waals surface area contributed by atoms with Gasteiger partial charge in [0.2, 0.25) is 0 Å². The number of likely N-dealkylation sites (tertiary alicyclic amines) is 1. The largest absolute Gasteiger partial charge is 0.432 e. The minimum atomic E-state index is -4.54. The highest BCUT2D eigenvalue weighted by atomic mass is 19.4. The molecule has 32 heavy (non-hydrogen) atoms. The maximum Gasteiger partial charge on any atom is 0.417 e. The van der Waals surface area contributed by atoms with E-state index < -0.39 is 29.3 Å². The molecule has 0 aliphatic carbocycles. The lowest BCUT2D eigenvalue weighted by Crippen LogP contribution is -2.53. The van der Waals surface area contributed by atoms with E-state index in [2.05, 4.69) is 20.1 Å². The van der Waals surface area contributed by atoms with Gasteiger partial charge in [0.1, 0.15) is 0 Å². The van der Waals surface area contributed by atoms with Crippen molar-refractivity contribution in [2.75, 3.05) is 13.1 Å². The van der Waals surface area contributed by atoms with Crippen molar-refractivity contribution in [2.24, 2.45) is 0 Å². The molecule has 4 aromatic heterocycles. The van der Waals surface area contributed by atoms with Crippen LogP contribution in [0.25, 0.3) is 28.4 Å². The average Bonchev–Trinajstić information content (AvgIpc) is 3.37. The molecule has 4 aromatic rings. The summed E-state index contributed by atoms with van der Waals surface area (Å²) in [5.41, 5.74) is -0.877. The maximum atomic E-state index is 12.8. The number of nitrogens with one attached hydrogen (secondary N) is 1. The highest BCUT2D eigenvalue weighted by molar-refractivity contribution is 5.91. The van der Waals surface area contributed by atoms with Crippen molar-refractivity contribution in [3.8, 4) is 22.7 Å². The molecular weight excluding hydrogens is 433 g/mol. The number of carbonyl (C=O) groups is 1. The van der Waals surface area contributed by atoms with Crippen molar-refractivity contribution in [1.29, 1.82) is 0 Å². The van der Waals surface area contributed by atoms with Crippen LogP contribution in [0.4, 0.5) is 13.2 Å². The third-order valence-electron chi connectivity index (χ3n) is 4.95. The number of aliphatic hydroxyl groups excluding tert-OH is 1. The number of rotatable bonds is 3. The van der Waals surface area contributed by atoms with Crippen LogP contribution in [0.1, 0.15) is 16.2 Å². The Bertz CT molecular complexity index is 1380. The zero-order chi connectivity index (χ0) is 22.6. The maximum absolute atomic E-state index is 12.8. The van der Waals surface area contributed by atoms with Crippen molar-refractivity contribution in [3.63, 3.8) is 0 Å². The number of aromatic nitrogens is 5. The number of halogens is 3. The summed E-state index contributed by atoms with van der Waals surface area (Å²) in [6, 6.07) is 3.11. The summed E-state index contributed by atoms with van der Waals surface area (Å²) in [4.78, 5) is 38.2. The molecule has 0 saturated carbocycles. The van der Waals surface area contributed by atoms with Crippen LogP contribution < -0.4 is 5.56 Å². The third kappa shape index (κ3) is 3.32. The molecule has 10 nitrogen and oxygen atoms in total. The molecule has 0 unspecified atom stereocenters. The first-order valence-electron chi connectivity index (χ1n) is 9.29. The number of aliphatic hydroxyl groups is 1. The predicted octanol–water partition coefficient (Wildman–Crippen LogP) is 1.58. The molecule has 1 fully saturated rings. The zero-order valence-electron chi connectivity index (χ0n) is 16.0. The number of β-amino-alcohol motifs (C(OH)–C–C–N with tert-alkyl or cyclic N) is 1. The number of hydrogen-bond acceptors (Lipinski definition) is 7. The fourth-order valence-electron chi connectivity index (χ4n) is 3.26. The molecule has 0 atom stereocenters. The van der Waals surface area contributed by atoms with Gasteiger partial charge in [0, 0.05) is 31.5 Å². The molecule has 1 aliphatic rings. The second kappa shape index (κ2) is 7.02. The van der Waals surface area contributed by atoms with Crippen LogP contribution in [0.3, 0.4) is 0 Å². The number of hydrogen-bond donors (Lipinski definition) is 2. The number of oxazole rings is 1. The first-order valence-corrected chi connectivity index (χ1v) is 9.29. The molecule has 0 aromatic carbocycles. The number of alkyl halides is 3. The standard InChI is InChI=1S/C19H13F3N6O4/c20-19(21,22)9-1-2-12(23-4-9)13-3-15(30)28-16(26-13)11(5-25-28)14-6-24-17(32-14)18(31)27-7-10(29)8-27/h1-6,10,25,29H,7-8H2. The Hall–Kier alpha value is -4.00. The van der Waals surface area contributed by atoms with E-state index in [-0.39, 0.29) is 41.8 Å². The van der Waals surface area contributed by atoms with Gasteiger partial charge in [-0.3, -0.25) is 19.7 Å². The molecule has 164 valence electrons. The molecule has 0 spiro atoms. The molecule has 2 N–H and O–H groups in total. The van der Waals surface area contributed by atoms with Gasteiger partial charge >= 0.3 is 12.1 Å². The Balaban J connectivity index is 1.51. The number of nitrogens with zero attached hydrogens (tertiary/aromatic N) is 5. The summed E-state index contributed by atoms with van der Waals surface area (Å²) in [6.45, 7) is 0.369. The van der Waals surface area contributed by atoms with Gasteiger partial charge in [0.15, 0.2) is 11.4 Å². The quantitative estimate of drug-likeness (QED) is 0.489. The lowest BCUT2D eigenvalue weighted by Gasteiger charge is -2.34. The molecule has 1 saturated heterocycles. The molecule has 1 amide bonds. The Morgan fingerprint density at radius 2 is 1.97 bits per heavy atom. The minimum absolute atomic E-state index is 0.0648. The van der Waals surface area contributed by atoms with Gasteiger partial charge in [-0.2, -0.15) is 13.2 Å². The van der Waals surface area contributed by atoms with Crippen LogP contribution in [-0.4, -0.2) is 59.7 Å². The third-order valence-corrected chi connectivity index (χ3v) is 4.95. The van der Waals surface area contributed by atoms with Crippen LogP contribution >= 0.6 is 0 Å². The Labute approximate surface area is 175 Å². The van der Waals surface area contributed by atoms with Crippen molar-refractivity contribution >= 4 is 11.6 Å². The van der Waals surface area contributed by atoms with Gasteiger partial charge in [-0.15, -0.1) is 0 Å². The minimum Gasteiger partial charge on any atom is -0.432 e. The van der Waals surface area contributed by atoms with E-state index >= 15 is 0 Å². The second-order valence-corrected chi connectivity index (χ2v) is 7.15. The molecular formula is C19H13F3N6O4. The number of fused-ring (bicyclic) bond motifs is 1.